The molecule has 18 heavy (non-hydrogen) atoms. The molecule has 1 heterocycles. The minimum atomic E-state index is -0.136. The summed E-state index contributed by atoms with van der Waals surface area (Å²) in [4.78, 5) is 14.1. The van der Waals surface area contributed by atoms with Gasteiger partial charge in [-0.25, -0.2) is 0 Å². The monoisotopic (exact) mass is 275 g/mol. The van der Waals surface area contributed by atoms with Gasteiger partial charge in [0.2, 0.25) is 5.91 Å². The molecular formula is C13H26ClN3O. The molecule has 0 aromatic heterocycles. The van der Waals surface area contributed by atoms with Crippen molar-refractivity contribution in [3.63, 3.8) is 0 Å². The first-order chi connectivity index (χ1) is 7.85. The maximum atomic E-state index is 11.8. The Balaban J connectivity index is 0.00000162. The summed E-state index contributed by atoms with van der Waals surface area (Å²) in [5, 5.41) is 3.01. The van der Waals surface area contributed by atoms with E-state index in [1.165, 1.54) is 6.42 Å². The summed E-state index contributed by atoms with van der Waals surface area (Å²) >= 11 is 0. The first-order valence-electron chi connectivity index (χ1n) is 6.64. The topological polar surface area (TPSA) is 58.4 Å². The largest absolute Gasteiger partial charge is 0.350 e. The number of halogens is 1. The molecule has 3 unspecified atom stereocenters. The maximum absolute atomic E-state index is 11.8. The van der Waals surface area contributed by atoms with Gasteiger partial charge in [0.25, 0.3) is 0 Å². The Morgan fingerprint density at radius 1 is 1.33 bits per heavy atom. The molecule has 0 spiro atoms. The van der Waals surface area contributed by atoms with Crippen molar-refractivity contribution in [3.8, 4) is 0 Å². The minimum absolute atomic E-state index is 0. The molecule has 4 nitrogen and oxygen atoms in total. The van der Waals surface area contributed by atoms with Crippen LogP contribution in [-0.2, 0) is 4.79 Å². The highest BCUT2D eigenvalue weighted by Gasteiger charge is 2.41. The smallest absolute Gasteiger partial charge is 0.234 e. The molecule has 0 aromatic carbocycles. The van der Waals surface area contributed by atoms with Crippen molar-refractivity contribution in [1.29, 1.82) is 0 Å². The van der Waals surface area contributed by atoms with Gasteiger partial charge in [0.1, 0.15) is 0 Å². The normalized spacial score (nSPS) is 31.9. The molecule has 1 saturated carbocycles. The van der Waals surface area contributed by atoms with Crippen LogP contribution in [0, 0.1) is 11.8 Å². The fraction of sp³-hybridized carbons (Fsp3) is 0.923. The molecule has 2 rings (SSSR count). The molecular weight excluding hydrogens is 250 g/mol. The van der Waals surface area contributed by atoms with Gasteiger partial charge in [0.05, 0.1) is 6.54 Å². The van der Waals surface area contributed by atoms with Gasteiger partial charge in [-0.1, -0.05) is 0 Å². The first-order valence-corrected chi connectivity index (χ1v) is 6.64. The van der Waals surface area contributed by atoms with Gasteiger partial charge in [-0.3, -0.25) is 9.69 Å². The highest BCUT2D eigenvalue weighted by Crippen LogP contribution is 2.36. The third-order valence-corrected chi connectivity index (χ3v) is 3.87. The van der Waals surface area contributed by atoms with E-state index in [1.807, 2.05) is 20.8 Å². The predicted molar refractivity (Wildman–Crippen MR) is 75.8 cm³/mol. The van der Waals surface area contributed by atoms with Gasteiger partial charge < -0.3 is 11.1 Å². The summed E-state index contributed by atoms with van der Waals surface area (Å²) in [6.45, 7) is 8.62. The fourth-order valence-electron chi connectivity index (χ4n) is 3.19. The van der Waals surface area contributed by atoms with E-state index in [9.17, 15) is 4.79 Å². The van der Waals surface area contributed by atoms with E-state index in [0.29, 0.717) is 18.5 Å². The lowest BCUT2D eigenvalue weighted by Gasteiger charge is -2.23. The van der Waals surface area contributed by atoms with Crippen molar-refractivity contribution in [2.75, 3.05) is 19.6 Å². The molecule has 1 aliphatic carbocycles. The molecule has 0 radical (unpaired) electrons. The van der Waals surface area contributed by atoms with E-state index in [-0.39, 0.29) is 23.9 Å². The van der Waals surface area contributed by atoms with Gasteiger partial charge in [-0.2, -0.15) is 0 Å². The highest BCUT2D eigenvalue weighted by atomic mass is 35.5. The number of rotatable bonds is 2. The molecule has 1 aliphatic heterocycles. The second-order valence-electron chi connectivity index (χ2n) is 6.66. The summed E-state index contributed by atoms with van der Waals surface area (Å²) in [5.41, 5.74) is 5.95. The number of carbonyl (C=O) groups is 1. The summed E-state index contributed by atoms with van der Waals surface area (Å²) in [6.07, 6.45) is 2.40. The van der Waals surface area contributed by atoms with E-state index in [4.69, 9.17) is 5.73 Å². The molecule has 0 aromatic rings. The number of carbonyl (C=O) groups excluding carboxylic acids is 1. The molecule has 2 fully saturated rings. The van der Waals surface area contributed by atoms with E-state index in [0.717, 1.165) is 25.4 Å². The molecule has 1 amide bonds. The standard InChI is InChI=1S/C13H25N3O.ClH/c1-13(2,3)15-12(17)8-16-6-9-4-5-11(14)10(9)7-16;/h9-11H,4-8,14H2,1-3H3,(H,15,17);1H. The fourth-order valence-corrected chi connectivity index (χ4v) is 3.19. The van der Waals surface area contributed by atoms with Crippen molar-refractivity contribution < 1.29 is 4.79 Å². The number of nitrogens with two attached hydrogens (primary N) is 1. The molecule has 5 heteroatoms. The maximum Gasteiger partial charge on any atom is 0.234 e. The number of fused-ring (bicyclic) bond motifs is 1. The second kappa shape index (κ2) is 5.76. The van der Waals surface area contributed by atoms with Gasteiger partial charge in [-0.15, -0.1) is 12.4 Å². The van der Waals surface area contributed by atoms with E-state index in [1.54, 1.807) is 0 Å². The first kappa shape index (κ1) is 15.7. The number of hydrogen-bond acceptors (Lipinski definition) is 3. The zero-order valence-electron chi connectivity index (χ0n) is 11.6. The van der Waals surface area contributed by atoms with Crippen LogP contribution in [0.15, 0.2) is 0 Å². The highest BCUT2D eigenvalue weighted by molar-refractivity contribution is 5.85. The molecule has 3 atom stereocenters. The predicted octanol–water partition coefficient (Wildman–Crippen LogP) is 0.992. The number of amides is 1. The van der Waals surface area contributed by atoms with Crippen molar-refractivity contribution in [2.45, 2.75) is 45.2 Å². The number of likely N-dealkylation sites (tertiary alicyclic amines) is 1. The molecule has 1 saturated heterocycles. The van der Waals surface area contributed by atoms with Gasteiger partial charge in [0, 0.05) is 24.7 Å². The Morgan fingerprint density at radius 3 is 2.56 bits per heavy atom. The molecule has 106 valence electrons. The summed E-state index contributed by atoms with van der Waals surface area (Å²) in [5.74, 6) is 1.48. The van der Waals surface area contributed by atoms with Crippen LogP contribution in [0.1, 0.15) is 33.6 Å². The van der Waals surface area contributed by atoms with E-state index in [2.05, 4.69) is 10.2 Å². The zero-order chi connectivity index (χ0) is 12.6. The third kappa shape index (κ3) is 3.84. The van der Waals surface area contributed by atoms with Crippen molar-refractivity contribution in [3.05, 3.63) is 0 Å². The number of hydrogen-bond donors (Lipinski definition) is 2. The van der Waals surface area contributed by atoms with E-state index < -0.39 is 0 Å². The molecule has 3 N–H and O–H groups in total. The Kier molecular flexibility index (Phi) is 5.04. The Labute approximate surface area is 116 Å². The Morgan fingerprint density at radius 2 is 2.00 bits per heavy atom. The minimum Gasteiger partial charge on any atom is -0.350 e. The second-order valence-corrected chi connectivity index (χ2v) is 6.66. The van der Waals surface area contributed by atoms with Crippen LogP contribution in [0.25, 0.3) is 0 Å². The van der Waals surface area contributed by atoms with Gasteiger partial charge in [0.15, 0.2) is 0 Å². The van der Waals surface area contributed by atoms with Crippen molar-refractivity contribution >= 4 is 18.3 Å². The lowest BCUT2D eigenvalue weighted by molar-refractivity contribution is -0.123. The molecule has 0 bridgehead atoms. The van der Waals surface area contributed by atoms with Crippen LogP contribution in [-0.4, -0.2) is 42.0 Å². The summed E-state index contributed by atoms with van der Waals surface area (Å²) in [7, 11) is 0. The SMILES string of the molecule is CC(C)(C)NC(=O)CN1CC2CCC(N)C2C1.Cl. The third-order valence-electron chi connectivity index (χ3n) is 3.87. The lowest BCUT2D eigenvalue weighted by atomic mass is 9.98. The average Bonchev–Trinajstić information content (AvgIpc) is 2.65. The van der Waals surface area contributed by atoms with Crippen LogP contribution in [0.5, 0.6) is 0 Å². The number of nitrogens with one attached hydrogen (secondary N) is 1. The van der Waals surface area contributed by atoms with E-state index >= 15 is 0 Å². The average molecular weight is 276 g/mol. The Hall–Kier alpha value is -0.320. The van der Waals surface area contributed by atoms with Crippen LogP contribution < -0.4 is 11.1 Å². The quantitative estimate of drug-likeness (QED) is 0.790. The van der Waals surface area contributed by atoms with Crippen LogP contribution in [0.2, 0.25) is 0 Å². The van der Waals surface area contributed by atoms with Crippen LogP contribution in [0.3, 0.4) is 0 Å². The van der Waals surface area contributed by atoms with Gasteiger partial charge in [-0.05, 0) is 45.4 Å². The summed E-state index contributed by atoms with van der Waals surface area (Å²) in [6, 6.07) is 0.357. The van der Waals surface area contributed by atoms with Crippen molar-refractivity contribution in [1.82, 2.24) is 10.2 Å². The molecule has 2 aliphatic rings. The summed E-state index contributed by atoms with van der Waals surface area (Å²) < 4.78 is 0. The van der Waals surface area contributed by atoms with Crippen LogP contribution >= 0.6 is 12.4 Å². The van der Waals surface area contributed by atoms with Crippen LogP contribution in [0.4, 0.5) is 0 Å². The Bertz CT molecular complexity index is 303. The van der Waals surface area contributed by atoms with Crippen molar-refractivity contribution in [2.24, 2.45) is 17.6 Å². The lowest BCUT2D eigenvalue weighted by Crippen LogP contribution is -2.45. The van der Waals surface area contributed by atoms with Gasteiger partial charge >= 0.3 is 0 Å². The number of nitrogens with zero attached hydrogens (tertiary/aromatic N) is 1. The zero-order valence-corrected chi connectivity index (χ0v) is 12.4.